The van der Waals surface area contributed by atoms with Gasteiger partial charge in [-0.1, -0.05) is 0 Å². The Hall–Kier alpha value is -1.50. The molecule has 1 aromatic heterocycles. The smallest absolute Gasteiger partial charge is 0.252 e. The van der Waals surface area contributed by atoms with Crippen molar-refractivity contribution in [1.29, 1.82) is 0 Å². The lowest BCUT2D eigenvalue weighted by Gasteiger charge is -2.27. The molecule has 2 aliphatic heterocycles. The summed E-state index contributed by atoms with van der Waals surface area (Å²) in [5.74, 6) is -0.108. The van der Waals surface area contributed by atoms with Gasteiger partial charge in [0, 0.05) is 32.0 Å². The maximum absolute atomic E-state index is 12.0. The van der Waals surface area contributed by atoms with Crippen molar-refractivity contribution in [1.82, 2.24) is 15.6 Å². The summed E-state index contributed by atoms with van der Waals surface area (Å²) in [5, 5.41) is 6.26. The van der Waals surface area contributed by atoms with E-state index in [-0.39, 0.29) is 17.6 Å². The fourth-order valence-electron chi connectivity index (χ4n) is 2.85. The zero-order valence-electron chi connectivity index (χ0n) is 12.0. The Morgan fingerprint density at radius 2 is 2.52 bits per heavy atom. The maximum Gasteiger partial charge on any atom is 0.252 e. The second-order valence-corrected chi connectivity index (χ2v) is 5.64. The fourth-order valence-corrected chi connectivity index (χ4v) is 2.85. The van der Waals surface area contributed by atoms with Crippen LogP contribution in [0.3, 0.4) is 0 Å². The van der Waals surface area contributed by atoms with Crippen molar-refractivity contribution in [2.45, 2.75) is 24.5 Å². The highest BCUT2D eigenvalue weighted by atomic mass is 16.6. The number of carbonyl (C=O) groups excluding carboxylic acids is 1. The molecule has 21 heavy (non-hydrogen) atoms. The number of carbonyl (C=O) groups is 1. The number of rotatable bonds is 3. The number of hydrogen-bond donors (Lipinski definition) is 2. The van der Waals surface area contributed by atoms with Crippen LogP contribution in [0, 0.1) is 0 Å². The van der Waals surface area contributed by atoms with E-state index in [9.17, 15) is 4.79 Å². The highest BCUT2D eigenvalue weighted by molar-refractivity contribution is 5.93. The predicted molar refractivity (Wildman–Crippen MR) is 77.1 cm³/mol. The van der Waals surface area contributed by atoms with Crippen molar-refractivity contribution < 1.29 is 14.3 Å². The van der Waals surface area contributed by atoms with Crippen molar-refractivity contribution in [3.05, 3.63) is 30.1 Å². The maximum atomic E-state index is 12.0. The Bertz CT molecular complexity index is 472. The first-order valence-corrected chi connectivity index (χ1v) is 7.42. The summed E-state index contributed by atoms with van der Waals surface area (Å²) in [7, 11) is 0. The van der Waals surface area contributed by atoms with E-state index in [1.165, 1.54) is 0 Å². The predicted octanol–water partition coefficient (Wildman–Crippen LogP) is 0.349. The topological polar surface area (TPSA) is 72.5 Å². The molecule has 0 radical (unpaired) electrons. The molecule has 0 aromatic carbocycles. The first-order chi connectivity index (χ1) is 10.3. The summed E-state index contributed by atoms with van der Waals surface area (Å²) >= 11 is 0. The Balaban J connectivity index is 1.50. The molecule has 1 spiro atoms. The van der Waals surface area contributed by atoms with Crippen molar-refractivity contribution >= 4 is 5.91 Å². The van der Waals surface area contributed by atoms with Crippen molar-refractivity contribution in [2.24, 2.45) is 0 Å². The van der Waals surface area contributed by atoms with Gasteiger partial charge in [-0.25, -0.2) is 0 Å². The molecular weight excluding hydrogens is 270 g/mol. The van der Waals surface area contributed by atoms with Crippen molar-refractivity contribution in [3.8, 4) is 0 Å². The lowest BCUT2D eigenvalue weighted by molar-refractivity contribution is -0.0764. The largest absolute Gasteiger partial charge is 0.377 e. The Morgan fingerprint density at radius 3 is 3.38 bits per heavy atom. The zero-order valence-corrected chi connectivity index (χ0v) is 12.0. The lowest BCUT2D eigenvalue weighted by Crippen LogP contribution is -2.43. The van der Waals surface area contributed by atoms with Crippen LogP contribution in [0.1, 0.15) is 23.2 Å². The summed E-state index contributed by atoms with van der Waals surface area (Å²) < 4.78 is 11.7. The number of amides is 1. The zero-order chi connectivity index (χ0) is 14.5. The summed E-state index contributed by atoms with van der Waals surface area (Å²) in [4.78, 5) is 15.9. The molecule has 2 saturated heterocycles. The van der Waals surface area contributed by atoms with E-state index in [2.05, 4.69) is 15.6 Å². The SMILES string of the molecule is O=C(NCC1CC[C@@]2(CNCCOC2)O1)c1cccnc1. The molecule has 3 heterocycles. The summed E-state index contributed by atoms with van der Waals surface area (Å²) in [6, 6.07) is 3.51. The minimum atomic E-state index is -0.222. The molecule has 1 amide bonds. The minimum Gasteiger partial charge on any atom is -0.377 e. The first-order valence-electron chi connectivity index (χ1n) is 7.42. The first kappa shape index (κ1) is 14.4. The number of nitrogens with zero attached hydrogens (tertiary/aromatic N) is 1. The van der Waals surface area contributed by atoms with Crippen LogP contribution in [0.2, 0.25) is 0 Å². The molecule has 0 aliphatic carbocycles. The van der Waals surface area contributed by atoms with Gasteiger partial charge in [0.05, 0.1) is 24.9 Å². The van der Waals surface area contributed by atoms with Gasteiger partial charge in [-0.3, -0.25) is 9.78 Å². The molecule has 2 fully saturated rings. The average Bonchev–Trinajstić information content (AvgIpc) is 2.77. The van der Waals surface area contributed by atoms with E-state index in [4.69, 9.17) is 9.47 Å². The monoisotopic (exact) mass is 291 g/mol. The van der Waals surface area contributed by atoms with E-state index >= 15 is 0 Å². The van der Waals surface area contributed by atoms with Crippen LogP contribution in [0.25, 0.3) is 0 Å². The van der Waals surface area contributed by atoms with Crippen LogP contribution in [0.4, 0.5) is 0 Å². The van der Waals surface area contributed by atoms with Gasteiger partial charge >= 0.3 is 0 Å². The van der Waals surface area contributed by atoms with E-state index in [0.717, 1.165) is 32.5 Å². The molecule has 2 aliphatic rings. The number of hydrogen-bond acceptors (Lipinski definition) is 5. The number of nitrogens with one attached hydrogen (secondary N) is 2. The third-order valence-electron chi connectivity index (χ3n) is 3.99. The average molecular weight is 291 g/mol. The van der Waals surface area contributed by atoms with Crippen LogP contribution in [-0.2, 0) is 9.47 Å². The van der Waals surface area contributed by atoms with Crippen LogP contribution in [0.15, 0.2) is 24.5 Å². The third kappa shape index (κ3) is 3.58. The Labute approximate surface area is 124 Å². The van der Waals surface area contributed by atoms with E-state index in [1.54, 1.807) is 24.5 Å². The quantitative estimate of drug-likeness (QED) is 0.841. The van der Waals surface area contributed by atoms with Crippen LogP contribution in [-0.4, -0.2) is 55.4 Å². The molecule has 1 aromatic rings. The number of pyridine rings is 1. The van der Waals surface area contributed by atoms with E-state index in [1.807, 2.05) is 0 Å². The van der Waals surface area contributed by atoms with Gasteiger partial charge in [-0.05, 0) is 25.0 Å². The van der Waals surface area contributed by atoms with Crippen LogP contribution < -0.4 is 10.6 Å². The standard InChI is InChI=1S/C15H21N3O3/c19-14(12-2-1-5-16-8-12)18-9-13-3-4-15(21-13)10-17-6-7-20-11-15/h1-2,5,8,13,17H,3-4,6-7,9-11H2,(H,18,19)/t13?,15-/m0/s1. The van der Waals surface area contributed by atoms with Crippen LogP contribution >= 0.6 is 0 Å². The van der Waals surface area contributed by atoms with Crippen molar-refractivity contribution in [2.75, 3.05) is 32.8 Å². The Kier molecular flexibility index (Phi) is 4.48. The molecule has 0 saturated carbocycles. The number of aromatic nitrogens is 1. The molecule has 0 bridgehead atoms. The van der Waals surface area contributed by atoms with Gasteiger partial charge < -0.3 is 20.1 Å². The van der Waals surface area contributed by atoms with Crippen molar-refractivity contribution in [3.63, 3.8) is 0 Å². The van der Waals surface area contributed by atoms with Gasteiger partial charge in [0.15, 0.2) is 0 Å². The normalized spacial score (nSPS) is 29.2. The van der Waals surface area contributed by atoms with Gasteiger partial charge in [-0.15, -0.1) is 0 Å². The van der Waals surface area contributed by atoms with Gasteiger partial charge in [0.25, 0.3) is 5.91 Å². The van der Waals surface area contributed by atoms with E-state index < -0.39 is 0 Å². The number of ether oxygens (including phenoxy) is 2. The molecule has 2 atom stereocenters. The molecule has 114 valence electrons. The molecule has 3 rings (SSSR count). The molecule has 6 heteroatoms. The van der Waals surface area contributed by atoms with Gasteiger partial charge in [0.1, 0.15) is 5.60 Å². The minimum absolute atomic E-state index is 0.0501. The fraction of sp³-hybridized carbons (Fsp3) is 0.600. The second kappa shape index (κ2) is 6.51. The summed E-state index contributed by atoms with van der Waals surface area (Å²) in [6.07, 6.45) is 5.18. The second-order valence-electron chi connectivity index (χ2n) is 5.64. The third-order valence-corrected chi connectivity index (χ3v) is 3.99. The molecule has 6 nitrogen and oxygen atoms in total. The highest BCUT2D eigenvalue weighted by Crippen LogP contribution is 2.30. The van der Waals surface area contributed by atoms with E-state index in [0.29, 0.717) is 18.7 Å². The lowest BCUT2D eigenvalue weighted by atomic mass is 10.0. The summed E-state index contributed by atoms with van der Waals surface area (Å²) in [5.41, 5.74) is 0.352. The van der Waals surface area contributed by atoms with Gasteiger partial charge in [0.2, 0.25) is 0 Å². The molecule has 2 N–H and O–H groups in total. The molecular formula is C15H21N3O3. The summed E-state index contributed by atoms with van der Waals surface area (Å²) in [6.45, 7) is 3.57. The van der Waals surface area contributed by atoms with Crippen LogP contribution in [0.5, 0.6) is 0 Å². The highest BCUT2D eigenvalue weighted by Gasteiger charge is 2.41. The van der Waals surface area contributed by atoms with Gasteiger partial charge in [-0.2, -0.15) is 0 Å². The Morgan fingerprint density at radius 1 is 1.57 bits per heavy atom. The molecule has 1 unspecified atom stereocenters.